The maximum Gasteiger partial charge on any atom is 0.100 e. The van der Waals surface area contributed by atoms with E-state index in [2.05, 4.69) is 13.8 Å². The summed E-state index contributed by atoms with van der Waals surface area (Å²) >= 11 is 0. The van der Waals surface area contributed by atoms with Gasteiger partial charge in [-0.15, -0.1) is 0 Å². The topological polar surface area (TPSA) is 17.1 Å². The first-order valence-electron chi connectivity index (χ1n) is 8.18. The normalized spacial score (nSPS) is 44.2. The monoisotopic (exact) mass is 306 g/mol. The predicted octanol–water partition coefficient (Wildman–Crippen LogP) is 4.86. The zero-order valence-corrected chi connectivity index (χ0v) is 13.6. The Labute approximate surface area is 124 Å². The molecule has 4 heteroatoms. The summed E-state index contributed by atoms with van der Waals surface area (Å²) in [6.07, 6.45) is 5.40. The summed E-state index contributed by atoms with van der Waals surface area (Å²) in [7, 11) is -0.973. The molecule has 0 N–H and O–H groups in total. The molecule has 2 aliphatic carbocycles. The van der Waals surface area contributed by atoms with E-state index in [1.807, 2.05) is 0 Å². The Balaban J connectivity index is 2.18. The fraction of sp³-hybridized carbons (Fsp3) is 1.00. The number of hydrogen-bond donors (Lipinski definition) is 0. The van der Waals surface area contributed by atoms with Gasteiger partial charge in [0.15, 0.2) is 0 Å². The Morgan fingerprint density at radius 3 is 1.40 bits per heavy atom. The lowest BCUT2D eigenvalue weighted by molar-refractivity contribution is 0.202. The van der Waals surface area contributed by atoms with E-state index in [1.165, 1.54) is 0 Å². The minimum Gasteiger partial charge on any atom is -0.258 e. The van der Waals surface area contributed by atoms with Gasteiger partial charge in [0, 0.05) is 20.3 Å². The van der Waals surface area contributed by atoms with Crippen LogP contribution in [0.5, 0.6) is 0 Å². The van der Waals surface area contributed by atoms with Crippen molar-refractivity contribution < 1.29 is 13.0 Å². The van der Waals surface area contributed by atoms with Crippen molar-refractivity contribution in [3.63, 3.8) is 0 Å². The molecule has 20 heavy (non-hydrogen) atoms. The number of rotatable bonds is 4. The van der Waals surface area contributed by atoms with Gasteiger partial charge in [0.25, 0.3) is 0 Å². The van der Waals surface area contributed by atoms with Crippen LogP contribution in [0, 0.1) is 0 Å². The molecule has 0 unspecified atom stereocenters. The van der Waals surface area contributed by atoms with E-state index in [4.69, 9.17) is 0 Å². The van der Waals surface area contributed by atoms with Crippen LogP contribution < -0.4 is 0 Å². The lowest BCUT2D eigenvalue weighted by atomic mass is 9.84. The first-order valence-corrected chi connectivity index (χ1v) is 9.33. The fourth-order valence-corrected chi connectivity index (χ4v) is 6.67. The molecule has 118 valence electrons. The van der Waals surface area contributed by atoms with Crippen molar-refractivity contribution in [3.8, 4) is 0 Å². The van der Waals surface area contributed by atoms with Crippen LogP contribution in [0.2, 0.25) is 0 Å². The third kappa shape index (κ3) is 2.95. The minimum atomic E-state index is -0.973. The van der Waals surface area contributed by atoms with Gasteiger partial charge in [0.2, 0.25) is 0 Å². The maximum atomic E-state index is 13.4. The van der Waals surface area contributed by atoms with Gasteiger partial charge in [-0.05, 0) is 64.2 Å². The van der Waals surface area contributed by atoms with Crippen molar-refractivity contribution in [1.82, 2.24) is 0 Å². The molecule has 0 amide bonds. The van der Waals surface area contributed by atoms with Crippen molar-refractivity contribution in [2.75, 3.05) is 0 Å². The molecule has 1 nitrogen and oxygen atoms in total. The average molecular weight is 306 g/mol. The highest BCUT2D eigenvalue weighted by Gasteiger charge is 2.49. The summed E-state index contributed by atoms with van der Waals surface area (Å²) in [6.45, 7) is 4.17. The summed E-state index contributed by atoms with van der Waals surface area (Å²) in [5.74, 6) is 0. The Morgan fingerprint density at radius 2 is 1.15 bits per heavy atom. The van der Waals surface area contributed by atoms with E-state index in [0.717, 1.165) is 38.5 Å². The molecule has 2 aliphatic rings. The Morgan fingerprint density at radius 1 is 0.850 bits per heavy atom. The predicted molar refractivity (Wildman–Crippen MR) is 80.9 cm³/mol. The molecule has 0 aromatic rings. The van der Waals surface area contributed by atoms with Crippen LogP contribution in [0.3, 0.4) is 0 Å². The van der Waals surface area contributed by atoms with Crippen molar-refractivity contribution >= 4 is 10.8 Å². The number of hydrogen-bond acceptors (Lipinski definition) is 1. The molecule has 0 aromatic heterocycles. The summed E-state index contributed by atoms with van der Waals surface area (Å²) in [4.78, 5) is 0. The molecule has 0 aliphatic heterocycles. The zero-order valence-electron chi connectivity index (χ0n) is 12.8. The van der Waals surface area contributed by atoms with Crippen molar-refractivity contribution in [3.05, 3.63) is 0 Å². The highest BCUT2D eigenvalue weighted by molar-refractivity contribution is 7.87. The summed E-state index contributed by atoms with van der Waals surface area (Å²) in [6, 6.07) is 0. The summed E-state index contributed by atoms with van der Waals surface area (Å²) in [5, 5.41) is 0. The van der Waals surface area contributed by atoms with Crippen molar-refractivity contribution in [2.45, 2.75) is 99.9 Å². The molecular weight excluding hydrogens is 278 g/mol. The van der Waals surface area contributed by atoms with Crippen LogP contribution in [0.1, 0.15) is 78.1 Å². The van der Waals surface area contributed by atoms with Crippen LogP contribution in [0.25, 0.3) is 0 Å². The third-order valence-corrected chi connectivity index (χ3v) is 8.69. The molecule has 0 heterocycles. The second kappa shape index (κ2) is 6.41. The summed E-state index contributed by atoms with van der Waals surface area (Å²) in [5.41, 5.74) is 0. The van der Waals surface area contributed by atoms with Gasteiger partial charge in [-0.2, -0.15) is 0 Å². The second-order valence-corrected chi connectivity index (χ2v) is 8.96. The SMILES string of the molecule is CCC1(S(=O)C2(CC)CCC(F)CC2)CCC(F)CC1. The van der Waals surface area contributed by atoms with E-state index in [-0.39, 0.29) is 9.49 Å². The van der Waals surface area contributed by atoms with Gasteiger partial charge in [0.1, 0.15) is 12.3 Å². The average Bonchev–Trinajstić information content (AvgIpc) is 2.49. The van der Waals surface area contributed by atoms with Crippen LogP contribution >= 0.6 is 0 Å². The second-order valence-electron chi connectivity index (χ2n) is 6.69. The van der Waals surface area contributed by atoms with Crippen molar-refractivity contribution in [1.29, 1.82) is 0 Å². The van der Waals surface area contributed by atoms with E-state index in [1.54, 1.807) is 0 Å². The smallest absolute Gasteiger partial charge is 0.100 e. The third-order valence-electron chi connectivity index (χ3n) is 5.73. The van der Waals surface area contributed by atoms with E-state index in [9.17, 15) is 13.0 Å². The molecule has 2 fully saturated rings. The molecule has 0 radical (unpaired) electrons. The van der Waals surface area contributed by atoms with E-state index < -0.39 is 23.1 Å². The van der Waals surface area contributed by atoms with Gasteiger partial charge in [-0.3, -0.25) is 4.21 Å². The zero-order chi connectivity index (χ0) is 14.8. The van der Waals surface area contributed by atoms with Crippen molar-refractivity contribution in [2.24, 2.45) is 0 Å². The molecule has 0 saturated heterocycles. The van der Waals surface area contributed by atoms with Gasteiger partial charge in [-0.1, -0.05) is 13.8 Å². The van der Waals surface area contributed by atoms with Crippen LogP contribution in [0.4, 0.5) is 8.78 Å². The molecular formula is C16H28F2OS. The molecule has 0 bridgehead atoms. The Hall–Kier alpha value is 0.01000. The largest absolute Gasteiger partial charge is 0.258 e. The number of halogens is 2. The Kier molecular flexibility index (Phi) is 5.25. The molecule has 0 spiro atoms. The van der Waals surface area contributed by atoms with Gasteiger partial charge in [-0.25, -0.2) is 8.78 Å². The quantitative estimate of drug-likeness (QED) is 0.725. The summed E-state index contributed by atoms with van der Waals surface area (Å²) < 4.78 is 39.8. The molecule has 2 saturated carbocycles. The lowest BCUT2D eigenvalue weighted by Gasteiger charge is -2.46. The van der Waals surface area contributed by atoms with Crippen LogP contribution in [0.15, 0.2) is 0 Å². The van der Waals surface area contributed by atoms with Gasteiger partial charge >= 0.3 is 0 Å². The van der Waals surface area contributed by atoms with E-state index >= 15 is 0 Å². The first-order chi connectivity index (χ1) is 9.48. The highest BCUT2D eigenvalue weighted by atomic mass is 32.2. The highest BCUT2D eigenvalue weighted by Crippen LogP contribution is 2.47. The molecule has 0 aromatic carbocycles. The fourth-order valence-electron chi connectivity index (χ4n) is 4.02. The van der Waals surface area contributed by atoms with Gasteiger partial charge < -0.3 is 0 Å². The number of alkyl halides is 2. The minimum absolute atomic E-state index is 0.220. The van der Waals surface area contributed by atoms with Crippen LogP contribution in [-0.2, 0) is 10.8 Å². The van der Waals surface area contributed by atoms with E-state index in [0.29, 0.717) is 25.7 Å². The van der Waals surface area contributed by atoms with Gasteiger partial charge in [0.05, 0.1) is 0 Å². The first kappa shape index (κ1) is 16.4. The molecule has 2 rings (SSSR count). The molecule has 0 atom stereocenters. The van der Waals surface area contributed by atoms with Crippen LogP contribution in [-0.4, -0.2) is 26.0 Å². The lowest BCUT2D eigenvalue weighted by Crippen LogP contribution is -2.50. The maximum absolute atomic E-state index is 13.4. The Bertz CT molecular complexity index is 310. The standard InChI is InChI=1S/C16H28F2OS/c1-3-15(9-5-13(17)6-10-15)20(19)16(4-2)11-7-14(18)8-12-16/h13-14H,3-12H2,1-2H3.